The molecule has 0 aliphatic heterocycles. The van der Waals surface area contributed by atoms with E-state index in [9.17, 15) is 13.2 Å². The molecular formula is C20H20F3N5O3. The van der Waals surface area contributed by atoms with Crippen molar-refractivity contribution >= 4 is 29.0 Å². The summed E-state index contributed by atoms with van der Waals surface area (Å²) in [5.74, 6) is 1.91. The number of nitrogen functional groups attached to an aromatic ring is 1. The molecule has 11 heteroatoms. The number of rotatable bonds is 7. The summed E-state index contributed by atoms with van der Waals surface area (Å²) in [6.07, 6.45) is -4.41. The SMILES string of the molecule is COc1cc(Nc2cc(Nc3ccc(C(F)(F)F)cc3)nc(N)n2)cc(OC)c1OC. The first-order chi connectivity index (χ1) is 14.7. The Labute approximate surface area is 176 Å². The van der Waals surface area contributed by atoms with E-state index in [1.54, 1.807) is 18.2 Å². The molecule has 0 radical (unpaired) electrons. The minimum Gasteiger partial charge on any atom is -0.493 e. The van der Waals surface area contributed by atoms with E-state index in [2.05, 4.69) is 20.6 Å². The Hall–Kier alpha value is -3.89. The fourth-order valence-electron chi connectivity index (χ4n) is 2.79. The third-order valence-electron chi connectivity index (χ3n) is 4.17. The van der Waals surface area contributed by atoms with Crippen molar-refractivity contribution in [3.63, 3.8) is 0 Å². The van der Waals surface area contributed by atoms with Crippen LogP contribution in [0, 0.1) is 0 Å². The molecule has 1 heterocycles. The Balaban J connectivity index is 1.85. The lowest BCUT2D eigenvalue weighted by atomic mass is 10.2. The Bertz CT molecular complexity index is 1030. The molecule has 3 aromatic rings. The van der Waals surface area contributed by atoms with E-state index in [0.717, 1.165) is 12.1 Å². The van der Waals surface area contributed by atoms with Crippen molar-refractivity contribution in [2.75, 3.05) is 37.7 Å². The maximum atomic E-state index is 12.7. The van der Waals surface area contributed by atoms with Crippen LogP contribution in [-0.2, 0) is 6.18 Å². The average Bonchev–Trinajstić information content (AvgIpc) is 2.72. The fraction of sp³-hybridized carbons (Fsp3) is 0.200. The third kappa shape index (κ3) is 5.18. The van der Waals surface area contributed by atoms with Gasteiger partial charge in [-0.05, 0) is 24.3 Å². The minimum atomic E-state index is -4.41. The zero-order valence-corrected chi connectivity index (χ0v) is 16.9. The maximum Gasteiger partial charge on any atom is 0.416 e. The molecule has 164 valence electrons. The fourth-order valence-corrected chi connectivity index (χ4v) is 2.79. The molecule has 0 atom stereocenters. The number of hydrogen-bond donors (Lipinski definition) is 3. The third-order valence-corrected chi connectivity index (χ3v) is 4.17. The predicted octanol–water partition coefficient (Wildman–Crippen LogP) is 4.59. The number of methoxy groups -OCH3 is 3. The van der Waals surface area contributed by atoms with Gasteiger partial charge >= 0.3 is 6.18 Å². The number of nitrogens with one attached hydrogen (secondary N) is 2. The molecule has 31 heavy (non-hydrogen) atoms. The molecule has 2 aromatic carbocycles. The van der Waals surface area contributed by atoms with Gasteiger partial charge in [-0.15, -0.1) is 0 Å². The van der Waals surface area contributed by atoms with Crippen molar-refractivity contribution in [1.82, 2.24) is 9.97 Å². The molecule has 0 aliphatic rings. The van der Waals surface area contributed by atoms with E-state index < -0.39 is 11.7 Å². The number of nitrogens with two attached hydrogens (primary N) is 1. The normalized spacial score (nSPS) is 11.0. The van der Waals surface area contributed by atoms with Gasteiger partial charge in [-0.3, -0.25) is 0 Å². The van der Waals surface area contributed by atoms with E-state index in [1.165, 1.54) is 33.5 Å². The number of ether oxygens (including phenoxy) is 3. The maximum absolute atomic E-state index is 12.7. The van der Waals surface area contributed by atoms with Crippen molar-refractivity contribution in [2.24, 2.45) is 0 Å². The molecule has 8 nitrogen and oxygen atoms in total. The number of hydrogen-bond acceptors (Lipinski definition) is 8. The van der Waals surface area contributed by atoms with E-state index in [-0.39, 0.29) is 5.95 Å². The number of anilines is 5. The molecule has 0 unspecified atom stereocenters. The molecule has 0 saturated carbocycles. The van der Waals surface area contributed by atoms with Gasteiger partial charge in [-0.2, -0.15) is 23.1 Å². The van der Waals surface area contributed by atoms with Gasteiger partial charge in [0.05, 0.1) is 26.9 Å². The largest absolute Gasteiger partial charge is 0.493 e. The highest BCUT2D eigenvalue weighted by atomic mass is 19.4. The standard InChI is InChI=1S/C20H20F3N5O3/c1-29-14-8-13(9-15(30-2)18(14)31-3)26-17-10-16(27-19(24)28-17)25-12-6-4-11(5-7-12)20(21,22)23/h4-10H,1-3H3,(H4,24,25,26,27,28). The molecule has 0 fully saturated rings. The summed E-state index contributed by atoms with van der Waals surface area (Å²) in [7, 11) is 4.49. The zero-order chi connectivity index (χ0) is 22.6. The van der Waals surface area contributed by atoms with Gasteiger partial charge in [0, 0.05) is 29.6 Å². The van der Waals surface area contributed by atoms with Gasteiger partial charge in [-0.1, -0.05) is 0 Å². The molecule has 0 spiro atoms. The summed E-state index contributed by atoms with van der Waals surface area (Å²) in [5, 5.41) is 5.97. The molecule has 3 rings (SSSR count). The van der Waals surface area contributed by atoms with Gasteiger partial charge in [0.15, 0.2) is 11.5 Å². The minimum absolute atomic E-state index is 0.0353. The predicted molar refractivity (Wildman–Crippen MR) is 111 cm³/mol. The number of benzene rings is 2. The number of nitrogens with zero attached hydrogens (tertiary/aromatic N) is 2. The van der Waals surface area contributed by atoms with Crippen molar-refractivity contribution in [3.05, 3.63) is 48.0 Å². The first-order valence-electron chi connectivity index (χ1n) is 8.89. The second-order valence-corrected chi connectivity index (χ2v) is 6.24. The first-order valence-corrected chi connectivity index (χ1v) is 8.89. The Morgan fingerprint density at radius 2 is 1.29 bits per heavy atom. The second kappa shape index (κ2) is 8.86. The van der Waals surface area contributed by atoms with Crippen LogP contribution in [0.4, 0.5) is 42.1 Å². The van der Waals surface area contributed by atoms with Gasteiger partial charge < -0.3 is 30.6 Å². The van der Waals surface area contributed by atoms with Crippen LogP contribution in [0.2, 0.25) is 0 Å². The van der Waals surface area contributed by atoms with Crippen molar-refractivity contribution < 1.29 is 27.4 Å². The Morgan fingerprint density at radius 3 is 1.74 bits per heavy atom. The van der Waals surface area contributed by atoms with Gasteiger partial charge in [-0.25, -0.2) is 0 Å². The molecular weight excluding hydrogens is 415 g/mol. The summed E-state index contributed by atoms with van der Waals surface area (Å²) in [5.41, 5.74) is 6.02. The van der Waals surface area contributed by atoms with E-state index in [4.69, 9.17) is 19.9 Å². The highest BCUT2D eigenvalue weighted by molar-refractivity contribution is 5.69. The molecule has 0 saturated heterocycles. The highest BCUT2D eigenvalue weighted by Crippen LogP contribution is 2.40. The lowest BCUT2D eigenvalue weighted by Gasteiger charge is -2.15. The van der Waals surface area contributed by atoms with Crippen LogP contribution in [0.25, 0.3) is 0 Å². The van der Waals surface area contributed by atoms with Gasteiger partial charge in [0.2, 0.25) is 11.7 Å². The number of aromatic nitrogens is 2. The summed E-state index contributed by atoms with van der Waals surface area (Å²) in [6, 6.07) is 9.47. The van der Waals surface area contributed by atoms with Gasteiger partial charge in [0.1, 0.15) is 11.6 Å². The highest BCUT2D eigenvalue weighted by Gasteiger charge is 2.29. The van der Waals surface area contributed by atoms with E-state index >= 15 is 0 Å². The van der Waals surface area contributed by atoms with Crippen molar-refractivity contribution in [2.45, 2.75) is 6.18 Å². The lowest BCUT2D eigenvalue weighted by molar-refractivity contribution is -0.137. The Kier molecular flexibility index (Phi) is 6.23. The average molecular weight is 435 g/mol. The zero-order valence-electron chi connectivity index (χ0n) is 16.9. The quantitative estimate of drug-likeness (QED) is 0.495. The van der Waals surface area contributed by atoms with Crippen LogP contribution >= 0.6 is 0 Å². The van der Waals surface area contributed by atoms with E-state index in [1.807, 2.05) is 0 Å². The van der Waals surface area contributed by atoms with Crippen LogP contribution < -0.4 is 30.6 Å². The lowest BCUT2D eigenvalue weighted by Crippen LogP contribution is -2.05. The molecule has 0 bridgehead atoms. The van der Waals surface area contributed by atoms with Crippen LogP contribution in [0.5, 0.6) is 17.2 Å². The van der Waals surface area contributed by atoms with Crippen LogP contribution in [-0.4, -0.2) is 31.3 Å². The van der Waals surface area contributed by atoms with E-state index in [0.29, 0.717) is 40.3 Å². The second-order valence-electron chi connectivity index (χ2n) is 6.24. The summed E-state index contributed by atoms with van der Waals surface area (Å²) in [6.45, 7) is 0. The summed E-state index contributed by atoms with van der Waals surface area (Å²) in [4.78, 5) is 8.19. The number of halogens is 3. The molecule has 1 aromatic heterocycles. The monoisotopic (exact) mass is 435 g/mol. The Morgan fingerprint density at radius 1 is 0.774 bits per heavy atom. The van der Waals surface area contributed by atoms with Crippen molar-refractivity contribution in [3.8, 4) is 17.2 Å². The smallest absolute Gasteiger partial charge is 0.416 e. The molecule has 0 amide bonds. The summed E-state index contributed by atoms with van der Waals surface area (Å²) >= 11 is 0. The van der Waals surface area contributed by atoms with Crippen LogP contribution in [0.15, 0.2) is 42.5 Å². The summed E-state index contributed by atoms with van der Waals surface area (Å²) < 4.78 is 54.1. The topological polar surface area (TPSA) is 104 Å². The molecule has 0 aliphatic carbocycles. The molecule has 4 N–H and O–H groups in total. The van der Waals surface area contributed by atoms with Gasteiger partial charge in [0.25, 0.3) is 0 Å². The first kappa shape index (κ1) is 21.8. The van der Waals surface area contributed by atoms with Crippen LogP contribution in [0.1, 0.15) is 5.56 Å². The number of alkyl halides is 3. The van der Waals surface area contributed by atoms with Crippen molar-refractivity contribution in [1.29, 1.82) is 0 Å². The van der Waals surface area contributed by atoms with Crippen LogP contribution in [0.3, 0.4) is 0 Å².